The molecule has 4 rings (SSSR count). The molecule has 0 spiro atoms. The normalized spacial score (nSPS) is 13.8. The first kappa shape index (κ1) is 24.9. The first-order chi connectivity index (χ1) is 17.1. The number of fused-ring (bicyclic) bond motifs is 1. The Hall–Kier alpha value is -3.16. The Morgan fingerprint density at radius 1 is 1.03 bits per heavy atom. The fourth-order valence-electron chi connectivity index (χ4n) is 4.51. The monoisotopic (exact) mass is 477 g/mol. The number of nitrogens with zero attached hydrogens (tertiary/aromatic N) is 3. The van der Waals surface area contributed by atoms with Crippen LogP contribution in [0.2, 0.25) is 0 Å². The lowest BCUT2D eigenvalue weighted by atomic mass is 10.1. The molecule has 0 atom stereocenters. The number of rotatable bonds is 10. The molecule has 0 unspecified atom stereocenters. The Labute approximate surface area is 207 Å². The zero-order valence-corrected chi connectivity index (χ0v) is 20.7. The highest BCUT2D eigenvalue weighted by molar-refractivity contribution is 6.07. The van der Waals surface area contributed by atoms with Gasteiger partial charge in [-0.2, -0.15) is 0 Å². The van der Waals surface area contributed by atoms with Crippen LogP contribution in [0.5, 0.6) is 0 Å². The van der Waals surface area contributed by atoms with Gasteiger partial charge in [0.25, 0.3) is 11.8 Å². The molecule has 1 saturated heterocycles. The maximum atomic E-state index is 13.1. The lowest BCUT2D eigenvalue weighted by Crippen LogP contribution is -2.40. The number of likely N-dealkylation sites (N-methyl/N-ethyl adjacent to an activating group) is 1. The molecular formula is C28H35N3O4. The fourth-order valence-corrected chi connectivity index (χ4v) is 4.51. The minimum atomic E-state index is 0.00974. The molecule has 2 heterocycles. The van der Waals surface area contributed by atoms with Gasteiger partial charge in [0.05, 0.1) is 25.4 Å². The number of hydrogen-bond donors (Lipinski definition) is 0. The van der Waals surface area contributed by atoms with E-state index < -0.39 is 0 Å². The summed E-state index contributed by atoms with van der Waals surface area (Å²) in [5.41, 5.74) is 3.80. The zero-order chi connectivity index (χ0) is 24.6. The van der Waals surface area contributed by atoms with Crippen molar-refractivity contribution in [3.8, 4) is 0 Å². The summed E-state index contributed by atoms with van der Waals surface area (Å²) >= 11 is 0. The molecule has 1 aliphatic heterocycles. The predicted octanol–water partition coefficient (Wildman–Crippen LogP) is 3.86. The van der Waals surface area contributed by atoms with E-state index in [1.54, 1.807) is 19.1 Å². The van der Waals surface area contributed by atoms with E-state index >= 15 is 0 Å². The lowest BCUT2D eigenvalue weighted by Gasteiger charge is -2.26. The first-order valence-corrected chi connectivity index (χ1v) is 12.4. The molecule has 0 saturated carbocycles. The summed E-state index contributed by atoms with van der Waals surface area (Å²) in [7, 11) is 3.43. The van der Waals surface area contributed by atoms with Crippen LogP contribution in [-0.4, -0.2) is 79.8 Å². The van der Waals surface area contributed by atoms with Crippen LogP contribution >= 0.6 is 0 Å². The van der Waals surface area contributed by atoms with Crippen LogP contribution in [0.25, 0.3) is 10.9 Å². The number of ether oxygens (including phenoxy) is 2. The SMILES string of the molecule is COCCN(C)C(=O)c1ccc(CCCCn2cc(C(=O)N3CCOCC3)c3ccccc32)cc1. The largest absolute Gasteiger partial charge is 0.383 e. The van der Waals surface area contributed by atoms with E-state index in [1.165, 1.54) is 5.56 Å². The molecular weight excluding hydrogens is 442 g/mol. The molecule has 186 valence electrons. The van der Waals surface area contributed by atoms with Crippen molar-refractivity contribution in [3.63, 3.8) is 0 Å². The molecule has 0 radical (unpaired) electrons. The summed E-state index contributed by atoms with van der Waals surface area (Å²) in [5, 5.41) is 1.01. The minimum absolute atomic E-state index is 0.00974. The molecule has 2 aromatic carbocycles. The summed E-state index contributed by atoms with van der Waals surface area (Å²) in [5.74, 6) is 0.0984. The standard InChI is InChI=1S/C28H35N3O4/c1-29(15-18-34-2)27(32)23-12-10-22(11-13-23)7-5-6-14-31-21-25(24-8-3-4-9-26(24)31)28(33)30-16-19-35-20-17-30/h3-4,8-13,21H,5-7,14-20H2,1-2H3. The van der Waals surface area contributed by atoms with Gasteiger partial charge in [0.1, 0.15) is 0 Å². The Bertz CT molecular complexity index is 1130. The van der Waals surface area contributed by atoms with Crippen LogP contribution in [-0.2, 0) is 22.4 Å². The van der Waals surface area contributed by atoms with Gasteiger partial charge in [0, 0.05) is 63.0 Å². The zero-order valence-electron chi connectivity index (χ0n) is 20.7. The van der Waals surface area contributed by atoms with E-state index in [9.17, 15) is 9.59 Å². The van der Waals surface area contributed by atoms with E-state index in [-0.39, 0.29) is 11.8 Å². The van der Waals surface area contributed by atoms with E-state index in [0.29, 0.717) is 45.0 Å². The van der Waals surface area contributed by atoms with Crippen molar-refractivity contribution in [2.45, 2.75) is 25.8 Å². The third kappa shape index (κ3) is 6.10. The van der Waals surface area contributed by atoms with Crippen molar-refractivity contribution in [2.24, 2.45) is 0 Å². The van der Waals surface area contributed by atoms with Gasteiger partial charge >= 0.3 is 0 Å². The number of aryl methyl sites for hydroxylation is 2. The number of hydrogen-bond acceptors (Lipinski definition) is 4. The summed E-state index contributed by atoms with van der Waals surface area (Å²) < 4.78 is 12.7. The molecule has 0 aliphatic carbocycles. The molecule has 35 heavy (non-hydrogen) atoms. The molecule has 1 aromatic heterocycles. The summed E-state index contributed by atoms with van der Waals surface area (Å²) in [4.78, 5) is 29.2. The molecule has 7 nitrogen and oxygen atoms in total. The van der Waals surface area contributed by atoms with Crippen molar-refractivity contribution < 1.29 is 19.1 Å². The number of benzene rings is 2. The second-order valence-corrected chi connectivity index (χ2v) is 9.03. The van der Waals surface area contributed by atoms with Crippen molar-refractivity contribution in [2.75, 3.05) is 53.6 Å². The summed E-state index contributed by atoms with van der Waals surface area (Å²) in [6.45, 7) is 4.45. The second kappa shape index (κ2) is 12.0. The molecule has 0 bridgehead atoms. The maximum absolute atomic E-state index is 13.1. The molecule has 1 aliphatic rings. The number of amides is 2. The van der Waals surface area contributed by atoms with Crippen LogP contribution in [0.1, 0.15) is 39.1 Å². The van der Waals surface area contributed by atoms with E-state index in [1.807, 2.05) is 53.6 Å². The van der Waals surface area contributed by atoms with Crippen LogP contribution in [0.4, 0.5) is 0 Å². The van der Waals surface area contributed by atoms with E-state index in [2.05, 4.69) is 10.6 Å². The lowest BCUT2D eigenvalue weighted by molar-refractivity contribution is 0.0304. The van der Waals surface area contributed by atoms with Gasteiger partial charge in [-0.3, -0.25) is 9.59 Å². The second-order valence-electron chi connectivity index (χ2n) is 9.03. The van der Waals surface area contributed by atoms with Gasteiger partial charge in [0.15, 0.2) is 0 Å². The average molecular weight is 478 g/mol. The van der Waals surface area contributed by atoms with Crippen LogP contribution in [0.15, 0.2) is 54.7 Å². The maximum Gasteiger partial charge on any atom is 0.256 e. The predicted molar refractivity (Wildman–Crippen MR) is 137 cm³/mol. The number of methoxy groups -OCH3 is 1. The first-order valence-electron chi connectivity index (χ1n) is 12.4. The van der Waals surface area contributed by atoms with Gasteiger partial charge in [-0.05, 0) is 43.0 Å². The van der Waals surface area contributed by atoms with Crippen LogP contribution in [0, 0.1) is 0 Å². The van der Waals surface area contributed by atoms with Crippen molar-refractivity contribution >= 4 is 22.7 Å². The Balaban J connectivity index is 1.33. The minimum Gasteiger partial charge on any atom is -0.383 e. The highest BCUT2D eigenvalue weighted by Crippen LogP contribution is 2.24. The Morgan fingerprint density at radius 3 is 2.51 bits per heavy atom. The fraction of sp³-hybridized carbons (Fsp3) is 0.429. The number of para-hydroxylation sites is 1. The van der Waals surface area contributed by atoms with Gasteiger partial charge in [0.2, 0.25) is 0 Å². The highest BCUT2D eigenvalue weighted by atomic mass is 16.5. The van der Waals surface area contributed by atoms with Crippen molar-refractivity contribution in [1.82, 2.24) is 14.4 Å². The molecule has 7 heteroatoms. The highest BCUT2D eigenvalue weighted by Gasteiger charge is 2.22. The van der Waals surface area contributed by atoms with Crippen molar-refractivity contribution in [1.29, 1.82) is 0 Å². The number of aromatic nitrogens is 1. The van der Waals surface area contributed by atoms with Gasteiger partial charge in [-0.1, -0.05) is 30.3 Å². The van der Waals surface area contributed by atoms with E-state index in [0.717, 1.165) is 42.3 Å². The van der Waals surface area contributed by atoms with Gasteiger partial charge in [-0.15, -0.1) is 0 Å². The number of morpholine rings is 1. The average Bonchev–Trinajstić information content (AvgIpc) is 3.28. The van der Waals surface area contributed by atoms with E-state index in [4.69, 9.17) is 9.47 Å². The van der Waals surface area contributed by atoms with Gasteiger partial charge < -0.3 is 23.8 Å². The molecule has 1 fully saturated rings. The number of carbonyl (C=O) groups is 2. The van der Waals surface area contributed by atoms with Gasteiger partial charge in [-0.25, -0.2) is 0 Å². The summed E-state index contributed by atoms with van der Waals surface area (Å²) in [6, 6.07) is 16.0. The van der Waals surface area contributed by atoms with Crippen LogP contribution in [0.3, 0.4) is 0 Å². The smallest absolute Gasteiger partial charge is 0.256 e. The Kier molecular flexibility index (Phi) is 8.55. The van der Waals surface area contributed by atoms with Crippen molar-refractivity contribution in [3.05, 3.63) is 71.4 Å². The quantitative estimate of drug-likeness (QED) is 0.416. The molecule has 3 aromatic rings. The summed E-state index contributed by atoms with van der Waals surface area (Å²) in [6.07, 6.45) is 5.00. The molecule has 2 amide bonds. The number of carbonyl (C=O) groups excluding carboxylic acids is 2. The third-order valence-electron chi connectivity index (χ3n) is 6.61. The molecule has 0 N–H and O–H groups in total. The van der Waals surface area contributed by atoms with Crippen LogP contribution < -0.4 is 0 Å². The third-order valence-corrected chi connectivity index (χ3v) is 6.61. The Morgan fingerprint density at radius 2 is 1.77 bits per heavy atom. The topological polar surface area (TPSA) is 64.0 Å². The number of unbranched alkanes of at least 4 members (excludes halogenated alkanes) is 1.